The summed E-state index contributed by atoms with van der Waals surface area (Å²) in [4.78, 5) is 4.86. The third kappa shape index (κ3) is 4.26. The Kier molecular flexibility index (Phi) is 6.31. The van der Waals surface area contributed by atoms with E-state index in [9.17, 15) is 0 Å². The van der Waals surface area contributed by atoms with Gasteiger partial charge in [0.2, 0.25) is 0 Å². The second-order valence-corrected chi connectivity index (χ2v) is 16.0. The van der Waals surface area contributed by atoms with Crippen molar-refractivity contribution < 1.29 is 13.3 Å². The van der Waals surface area contributed by atoms with Crippen LogP contribution in [0.2, 0.25) is 0 Å². The van der Waals surface area contributed by atoms with Crippen LogP contribution in [0.25, 0.3) is 76.9 Å². The van der Waals surface area contributed by atoms with Crippen molar-refractivity contribution in [1.82, 2.24) is 0 Å². The largest absolute Gasteiger partial charge is 0.456 e. The lowest BCUT2D eigenvalue weighted by atomic mass is 9.33. The first-order chi connectivity index (χ1) is 29.8. The van der Waals surface area contributed by atoms with E-state index in [1.807, 2.05) is 24.3 Å². The van der Waals surface area contributed by atoms with Gasteiger partial charge in [-0.05, 0) is 100 Å². The number of hydrogen-bond donors (Lipinski definition) is 0. The summed E-state index contributed by atoms with van der Waals surface area (Å²) in [7, 11) is 0. The summed E-state index contributed by atoms with van der Waals surface area (Å²) in [5, 5.41) is 6.54. The van der Waals surface area contributed by atoms with Crippen molar-refractivity contribution in [3.8, 4) is 11.1 Å². The van der Waals surface area contributed by atoms with E-state index in [1.54, 1.807) is 0 Å². The van der Waals surface area contributed by atoms with Gasteiger partial charge >= 0.3 is 0 Å². The second-order valence-electron chi connectivity index (χ2n) is 16.0. The molecule has 0 fully saturated rings. The maximum atomic E-state index is 6.90. The van der Waals surface area contributed by atoms with E-state index in [1.165, 1.54) is 22.1 Å². The number of nitrogens with zero attached hydrogens (tertiary/aromatic N) is 2. The van der Waals surface area contributed by atoms with Crippen molar-refractivity contribution in [3.05, 3.63) is 188 Å². The smallest absolute Gasteiger partial charge is 0.252 e. The number of hydrogen-bond acceptors (Lipinski definition) is 5. The van der Waals surface area contributed by atoms with Crippen LogP contribution in [0.1, 0.15) is 0 Å². The van der Waals surface area contributed by atoms with Crippen LogP contribution in [0.15, 0.2) is 201 Å². The Morgan fingerprint density at radius 3 is 1.52 bits per heavy atom. The Hall–Kier alpha value is -7.96. The summed E-state index contributed by atoms with van der Waals surface area (Å²) in [6.45, 7) is -0.00268. The average Bonchev–Trinajstić information content (AvgIpc) is 3.99. The molecule has 0 radical (unpaired) electrons. The summed E-state index contributed by atoms with van der Waals surface area (Å²) in [5.74, 6) is 0. The van der Waals surface area contributed by atoms with Crippen molar-refractivity contribution in [2.45, 2.75) is 0 Å². The highest BCUT2D eigenvalue weighted by molar-refractivity contribution is 7.00. The quantitative estimate of drug-likeness (QED) is 0.168. The summed E-state index contributed by atoms with van der Waals surface area (Å²) >= 11 is 0. The zero-order valence-corrected chi connectivity index (χ0v) is 32.1. The Labute approximate surface area is 344 Å². The molecule has 0 amide bonds. The molecule has 2 aliphatic rings. The van der Waals surface area contributed by atoms with Crippen LogP contribution in [0.3, 0.4) is 0 Å². The monoisotopic (exact) mass is 766 g/mol. The Morgan fingerprint density at radius 1 is 0.333 bits per heavy atom. The van der Waals surface area contributed by atoms with E-state index in [4.69, 9.17) is 13.3 Å². The van der Waals surface area contributed by atoms with Crippen molar-refractivity contribution in [1.29, 1.82) is 0 Å². The molecule has 12 aromatic rings. The highest BCUT2D eigenvalue weighted by Gasteiger charge is 2.44. The standard InChI is InChI=1S/C54H31BN2O3/c1-8-24-47-35(15-1)38-30-33(27-28-50(38)58-47)32-13-11-14-34(29-32)56-43-20-6-4-18-41(43)55-42-19-5-7-21-44(42)57(46-23-12-22-45(56)51(46)55)52-53-39(36-16-2-9-25-48(36)59-53)31-40-37-17-3-10-26-49(37)60-54(40)52/h1-31H. The molecule has 5 heterocycles. The van der Waals surface area contributed by atoms with Crippen LogP contribution in [0.5, 0.6) is 0 Å². The van der Waals surface area contributed by atoms with Gasteiger partial charge in [-0.15, -0.1) is 0 Å². The summed E-state index contributed by atoms with van der Waals surface area (Å²) in [6.07, 6.45) is 0. The lowest BCUT2D eigenvalue weighted by Gasteiger charge is -2.43. The van der Waals surface area contributed by atoms with Crippen LogP contribution < -0.4 is 26.2 Å². The highest BCUT2D eigenvalue weighted by Crippen LogP contribution is 2.51. The molecule has 5 nitrogen and oxygen atoms in total. The third-order valence-electron chi connectivity index (χ3n) is 12.8. The van der Waals surface area contributed by atoms with Gasteiger partial charge in [-0.1, -0.05) is 115 Å². The van der Waals surface area contributed by atoms with Crippen LogP contribution in [0.4, 0.5) is 34.1 Å². The van der Waals surface area contributed by atoms with E-state index in [0.29, 0.717) is 0 Å². The van der Waals surface area contributed by atoms with E-state index in [2.05, 4.69) is 174 Å². The van der Waals surface area contributed by atoms with Gasteiger partial charge in [0.1, 0.15) is 28.0 Å². The number of fused-ring (bicyclic) bond motifs is 13. The molecular formula is C54H31BN2O3. The minimum absolute atomic E-state index is 0.00268. The second kappa shape index (κ2) is 11.8. The number of benzene rings is 9. The van der Waals surface area contributed by atoms with Crippen molar-refractivity contribution in [2.75, 3.05) is 9.80 Å². The molecule has 14 rings (SSSR count). The van der Waals surface area contributed by atoms with E-state index >= 15 is 0 Å². The van der Waals surface area contributed by atoms with Gasteiger partial charge in [-0.2, -0.15) is 0 Å². The number of anilines is 6. The molecule has 0 N–H and O–H groups in total. The molecule has 0 spiro atoms. The maximum Gasteiger partial charge on any atom is 0.252 e. The molecule has 6 heteroatoms. The minimum Gasteiger partial charge on any atom is -0.456 e. The first kappa shape index (κ1) is 32.1. The van der Waals surface area contributed by atoms with Crippen molar-refractivity contribution in [3.63, 3.8) is 0 Å². The molecule has 9 aromatic carbocycles. The van der Waals surface area contributed by atoms with Gasteiger partial charge in [0.15, 0.2) is 11.2 Å². The van der Waals surface area contributed by atoms with Gasteiger partial charge in [0.25, 0.3) is 6.71 Å². The van der Waals surface area contributed by atoms with E-state index in [0.717, 1.165) is 105 Å². The Morgan fingerprint density at radius 2 is 0.833 bits per heavy atom. The molecule has 0 aliphatic carbocycles. The molecule has 278 valence electrons. The Balaban J connectivity index is 1.03. The van der Waals surface area contributed by atoms with Gasteiger partial charge < -0.3 is 23.1 Å². The molecule has 0 saturated carbocycles. The fourth-order valence-corrected chi connectivity index (χ4v) is 10.3. The molecule has 3 aromatic heterocycles. The lowest BCUT2D eigenvalue weighted by Crippen LogP contribution is -2.61. The first-order valence-electron chi connectivity index (χ1n) is 20.4. The predicted molar refractivity (Wildman–Crippen MR) is 248 cm³/mol. The molecule has 0 unspecified atom stereocenters. The van der Waals surface area contributed by atoms with Crippen LogP contribution in [-0.2, 0) is 0 Å². The molecule has 0 saturated heterocycles. The van der Waals surface area contributed by atoms with Crippen LogP contribution in [0, 0.1) is 0 Å². The van der Waals surface area contributed by atoms with Crippen molar-refractivity contribution >= 4 is 123 Å². The SMILES string of the molecule is c1cc(-c2ccc3oc4ccccc4c3c2)cc(N2c3ccccc3B3c4ccccc4N(c4c5oc6ccccc6c5cc5c4oc4ccccc45)c4cccc2c43)c1. The summed E-state index contributed by atoms with van der Waals surface area (Å²) in [5.41, 5.74) is 17.6. The van der Waals surface area contributed by atoms with Gasteiger partial charge in [0.05, 0.1) is 0 Å². The zero-order valence-electron chi connectivity index (χ0n) is 32.1. The maximum absolute atomic E-state index is 6.90. The van der Waals surface area contributed by atoms with Gasteiger partial charge in [0, 0.05) is 60.8 Å². The Bertz CT molecular complexity index is 3690. The van der Waals surface area contributed by atoms with Crippen LogP contribution >= 0.6 is 0 Å². The number of para-hydroxylation sites is 5. The normalized spacial score (nSPS) is 13.2. The molecule has 0 atom stereocenters. The summed E-state index contributed by atoms with van der Waals surface area (Å²) in [6, 6.07) is 67.2. The van der Waals surface area contributed by atoms with E-state index < -0.39 is 0 Å². The average molecular weight is 767 g/mol. The first-order valence-corrected chi connectivity index (χ1v) is 20.4. The predicted octanol–water partition coefficient (Wildman–Crippen LogP) is 13.1. The third-order valence-corrected chi connectivity index (χ3v) is 12.8. The van der Waals surface area contributed by atoms with Gasteiger partial charge in [-0.25, -0.2) is 0 Å². The molecular weight excluding hydrogens is 735 g/mol. The number of rotatable bonds is 3. The minimum atomic E-state index is -0.00268. The van der Waals surface area contributed by atoms with Crippen LogP contribution in [-0.4, -0.2) is 6.71 Å². The molecule has 60 heavy (non-hydrogen) atoms. The summed E-state index contributed by atoms with van der Waals surface area (Å²) < 4.78 is 20.0. The lowest BCUT2D eigenvalue weighted by molar-refractivity contribution is 0.656. The van der Waals surface area contributed by atoms with Gasteiger partial charge in [-0.3, -0.25) is 0 Å². The topological polar surface area (TPSA) is 45.9 Å². The van der Waals surface area contributed by atoms with E-state index in [-0.39, 0.29) is 6.71 Å². The zero-order chi connectivity index (χ0) is 39.1. The number of furan rings is 3. The molecule has 2 aliphatic heterocycles. The fourth-order valence-electron chi connectivity index (χ4n) is 10.3. The van der Waals surface area contributed by atoms with Crippen molar-refractivity contribution in [2.24, 2.45) is 0 Å². The molecule has 0 bridgehead atoms. The highest BCUT2D eigenvalue weighted by atomic mass is 16.3. The fraction of sp³-hybridized carbons (Fsp3) is 0.